The second-order valence-electron chi connectivity index (χ2n) is 10.4. The Hall–Kier alpha value is -2.82. The molecule has 1 aromatic heterocycles. The minimum atomic E-state index is -0.342. The number of ether oxygens (including phenoxy) is 1. The summed E-state index contributed by atoms with van der Waals surface area (Å²) in [5.74, 6) is -0.249. The number of amides is 3. The Bertz CT molecular complexity index is 1020. The van der Waals surface area contributed by atoms with E-state index < -0.39 is 0 Å². The third kappa shape index (κ3) is 12.7. The van der Waals surface area contributed by atoms with Gasteiger partial charge in [-0.1, -0.05) is 27.7 Å². The van der Waals surface area contributed by atoms with Crippen LogP contribution in [0.2, 0.25) is 0 Å². The second-order valence-corrected chi connectivity index (χ2v) is 10.4. The van der Waals surface area contributed by atoms with Crippen molar-refractivity contribution in [2.45, 2.75) is 79.4 Å². The lowest BCUT2D eigenvalue weighted by Gasteiger charge is -2.29. The number of urea groups is 1. The Morgan fingerprint density at radius 3 is 2.31 bits per heavy atom. The van der Waals surface area contributed by atoms with Crippen LogP contribution in [0.1, 0.15) is 78.7 Å². The number of fused-ring (bicyclic) bond motifs is 1. The van der Waals surface area contributed by atoms with Gasteiger partial charge in [0.2, 0.25) is 0 Å². The molecule has 0 saturated carbocycles. The summed E-state index contributed by atoms with van der Waals surface area (Å²) in [6.07, 6.45) is 3.04. The quantitative estimate of drug-likeness (QED) is 0.261. The molecule has 0 spiro atoms. The van der Waals surface area contributed by atoms with E-state index in [0.29, 0.717) is 42.8 Å². The predicted octanol–water partition coefficient (Wildman–Crippen LogP) is 4.42. The summed E-state index contributed by atoms with van der Waals surface area (Å²) in [6.45, 7) is 20.9. The molecule has 0 saturated heterocycles. The highest BCUT2D eigenvalue weighted by Crippen LogP contribution is 2.18. The summed E-state index contributed by atoms with van der Waals surface area (Å²) in [4.78, 5) is 35.8. The summed E-state index contributed by atoms with van der Waals surface area (Å²) >= 11 is 0. The SMILES string of the molecule is CC.CCN(CC)CCNC(=O)c1cnc2cc(NC(=O)NCCC(C)(C)OCCC(C)(C)NC)ccc2n1. The first-order valence-corrected chi connectivity index (χ1v) is 14.1. The Kier molecular flexibility index (Phi) is 14.9. The van der Waals surface area contributed by atoms with E-state index in [4.69, 9.17) is 4.74 Å². The summed E-state index contributed by atoms with van der Waals surface area (Å²) in [7, 11) is 1.95. The van der Waals surface area contributed by atoms with Gasteiger partial charge in [0.05, 0.1) is 22.8 Å². The number of hydrogen-bond donors (Lipinski definition) is 4. The lowest BCUT2D eigenvalue weighted by molar-refractivity contribution is -0.0295. The summed E-state index contributed by atoms with van der Waals surface area (Å²) in [5.41, 5.74) is 1.73. The van der Waals surface area contributed by atoms with Crippen molar-refractivity contribution in [1.29, 1.82) is 0 Å². The van der Waals surface area contributed by atoms with Gasteiger partial charge in [-0.3, -0.25) is 9.78 Å². The smallest absolute Gasteiger partial charge is 0.319 e. The standard InChI is InChI=1S/C27H45N7O3.C2H6/c1-8-34(9-2)16-15-29-24(35)23-19-31-22-18-20(10-11-21(22)33-23)32-25(36)30-14-12-27(5,6)37-17-13-26(3,4)28-7;1-2/h10-11,18-19,28H,8-9,12-17H2,1-7H3,(H,29,35)(H2,30,32,36);1-2H3. The molecule has 10 heteroatoms. The number of carbonyl (C=O) groups excluding carboxylic acids is 2. The van der Waals surface area contributed by atoms with Crippen LogP contribution in [-0.4, -0.2) is 84.3 Å². The van der Waals surface area contributed by atoms with Crippen LogP contribution in [0.4, 0.5) is 10.5 Å². The van der Waals surface area contributed by atoms with E-state index in [1.165, 1.54) is 6.20 Å². The molecular formula is C29H51N7O3. The molecule has 220 valence electrons. The average Bonchev–Trinajstić information content (AvgIpc) is 2.91. The number of benzene rings is 1. The van der Waals surface area contributed by atoms with Gasteiger partial charge in [-0.25, -0.2) is 9.78 Å². The van der Waals surface area contributed by atoms with Crippen molar-refractivity contribution in [3.05, 3.63) is 30.1 Å². The average molecular weight is 546 g/mol. The Morgan fingerprint density at radius 1 is 0.974 bits per heavy atom. The number of anilines is 1. The van der Waals surface area contributed by atoms with Gasteiger partial charge in [-0.05, 0) is 78.9 Å². The minimum absolute atomic E-state index is 0.0254. The Morgan fingerprint density at radius 2 is 1.67 bits per heavy atom. The van der Waals surface area contributed by atoms with E-state index in [1.54, 1.807) is 18.2 Å². The normalized spacial score (nSPS) is 11.6. The maximum Gasteiger partial charge on any atom is 0.319 e. The van der Waals surface area contributed by atoms with Gasteiger partial charge in [0.25, 0.3) is 5.91 Å². The molecule has 4 N–H and O–H groups in total. The van der Waals surface area contributed by atoms with Crippen molar-refractivity contribution in [3.63, 3.8) is 0 Å². The fourth-order valence-electron chi connectivity index (χ4n) is 3.59. The van der Waals surface area contributed by atoms with Gasteiger partial charge < -0.3 is 30.9 Å². The number of carbonyl (C=O) groups is 2. The summed E-state index contributed by atoms with van der Waals surface area (Å²) in [5, 5.41) is 11.9. The molecule has 1 heterocycles. The van der Waals surface area contributed by atoms with Crippen LogP contribution < -0.4 is 21.3 Å². The van der Waals surface area contributed by atoms with Crippen LogP contribution in [-0.2, 0) is 4.74 Å². The van der Waals surface area contributed by atoms with Crippen LogP contribution in [0.3, 0.4) is 0 Å². The maximum absolute atomic E-state index is 12.4. The third-order valence-corrected chi connectivity index (χ3v) is 6.55. The maximum atomic E-state index is 12.4. The monoisotopic (exact) mass is 545 g/mol. The molecule has 10 nitrogen and oxygen atoms in total. The van der Waals surface area contributed by atoms with Gasteiger partial charge in [0, 0.05) is 37.5 Å². The molecule has 1 aromatic carbocycles. The molecule has 2 aromatic rings. The fourth-order valence-corrected chi connectivity index (χ4v) is 3.59. The number of likely N-dealkylation sites (N-methyl/N-ethyl adjacent to an activating group) is 1. The number of hydrogen-bond acceptors (Lipinski definition) is 7. The zero-order chi connectivity index (χ0) is 29.5. The van der Waals surface area contributed by atoms with Gasteiger partial charge >= 0.3 is 6.03 Å². The van der Waals surface area contributed by atoms with E-state index in [0.717, 1.165) is 26.1 Å². The molecule has 0 fully saturated rings. The number of nitrogens with one attached hydrogen (secondary N) is 4. The highest BCUT2D eigenvalue weighted by atomic mass is 16.5. The lowest BCUT2D eigenvalue weighted by Crippen LogP contribution is -2.39. The molecule has 0 aliphatic carbocycles. The molecule has 0 unspecified atom stereocenters. The number of aromatic nitrogens is 2. The van der Waals surface area contributed by atoms with Crippen molar-refractivity contribution in [3.8, 4) is 0 Å². The van der Waals surface area contributed by atoms with Crippen LogP contribution in [0.25, 0.3) is 11.0 Å². The van der Waals surface area contributed by atoms with Gasteiger partial charge in [0.1, 0.15) is 5.69 Å². The molecule has 0 aliphatic heterocycles. The molecule has 0 radical (unpaired) electrons. The topological polar surface area (TPSA) is 121 Å². The van der Waals surface area contributed by atoms with Crippen LogP contribution in [0, 0.1) is 0 Å². The van der Waals surface area contributed by atoms with E-state index in [9.17, 15) is 9.59 Å². The lowest BCUT2D eigenvalue weighted by atomic mass is 10.0. The molecule has 3 amide bonds. The van der Waals surface area contributed by atoms with Crippen molar-refractivity contribution in [1.82, 2.24) is 30.8 Å². The highest BCUT2D eigenvalue weighted by Gasteiger charge is 2.21. The second kappa shape index (κ2) is 17.0. The largest absolute Gasteiger partial charge is 0.375 e. The first-order chi connectivity index (χ1) is 18.5. The Labute approximate surface area is 235 Å². The molecule has 0 atom stereocenters. The molecule has 2 rings (SSSR count). The highest BCUT2D eigenvalue weighted by molar-refractivity contribution is 5.95. The summed E-state index contributed by atoms with van der Waals surface area (Å²) in [6, 6.07) is 4.92. The van der Waals surface area contributed by atoms with Gasteiger partial charge in [-0.15, -0.1) is 0 Å². The van der Waals surface area contributed by atoms with E-state index in [2.05, 4.69) is 63.8 Å². The van der Waals surface area contributed by atoms with Gasteiger partial charge in [-0.2, -0.15) is 0 Å². The van der Waals surface area contributed by atoms with E-state index in [-0.39, 0.29) is 28.8 Å². The van der Waals surface area contributed by atoms with Crippen molar-refractivity contribution < 1.29 is 14.3 Å². The van der Waals surface area contributed by atoms with E-state index in [1.807, 2.05) is 34.7 Å². The zero-order valence-corrected chi connectivity index (χ0v) is 25.5. The Balaban J connectivity index is 0.00000371. The molecule has 0 bridgehead atoms. The van der Waals surface area contributed by atoms with Crippen molar-refractivity contribution in [2.75, 3.05) is 51.7 Å². The van der Waals surface area contributed by atoms with E-state index >= 15 is 0 Å². The fraction of sp³-hybridized carbons (Fsp3) is 0.655. The molecule has 39 heavy (non-hydrogen) atoms. The first-order valence-electron chi connectivity index (χ1n) is 14.1. The number of rotatable bonds is 15. The third-order valence-electron chi connectivity index (χ3n) is 6.55. The predicted molar refractivity (Wildman–Crippen MR) is 160 cm³/mol. The van der Waals surface area contributed by atoms with Crippen molar-refractivity contribution >= 4 is 28.7 Å². The van der Waals surface area contributed by atoms with Gasteiger partial charge in [0.15, 0.2) is 0 Å². The molecule has 0 aliphatic rings. The first kappa shape index (κ1) is 34.2. The van der Waals surface area contributed by atoms with Crippen LogP contribution in [0.5, 0.6) is 0 Å². The summed E-state index contributed by atoms with van der Waals surface area (Å²) < 4.78 is 6.03. The van der Waals surface area contributed by atoms with Crippen LogP contribution in [0.15, 0.2) is 24.4 Å². The number of nitrogens with zero attached hydrogens (tertiary/aromatic N) is 3. The molecular weight excluding hydrogens is 494 g/mol. The minimum Gasteiger partial charge on any atom is -0.375 e. The van der Waals surface area contributed by atoms with Crippen molar-refractivity contribution in [2.24, 2.45) is 0 Å². The zero-order valence-electron chi connectivity index (χ0n) is 25.5. The van der Waals surface area contributed by atoms with Crippen LogP contribution >= 0.6 is 0 Å².